The lowest BCUT2D eigenvalue weighted by atomic mass is 10.1. The standard InChI is InChI=1S/C18H22FN3O4/c1-3-12(2)9-13(19)11-20-14-10-16(24)21-6-4-5-15(21)17(14)18(25)22(26)7-8-23/h3,9-10,23H,4-8,11H2,1-2H3/p+1. The van der Waals surface area contributed by atoms with Crippen molar-refractivity contribution in [3.05, 3.63) is 56.1 Å². The van der Waals surface area contributed by atoms with E-state index in [4.69, 9.17) is 5.11 Å². The molecule has 0 spiro atoms. The Morgan fingerprint density at radius 1 is 1.50 bits per heavy atom. The van der Waals surface area contributed by atoms with E-state index in [1.165, 1.54) is 16.7 Å². The molecule has 1 aromatic rings. The molecule has 0 atom stereocenters. The lowest BCUT2D eigenvalue weighted by Gasteiger charge is -2.12. The van der Waals surface area contributed by atoms with Crippen molar-refractivity contribution in [1.82, 2.24) is 4.57 Å². The summed E-state index contributed by atoms with van der Waals surface area (Å²) >= 11 is 0. The van der Waals surface area contributed by atoms with E-state index in [2.05, 4.69) is 5.32 Å². The van der Waals surface area contributed by atoms with Crippen molar-refractivity contribution in [1.29, 1.82) is 0 Å². The molecule has 1 aromatic heterocycles. The van der Waals surface area contributed by atoms with Crippen LogP contribution in [-0.2, 0) is 13.0 Å². The number of anilines is 1. The highest BCUT2D eigenvalue weighted by molar-refractivity contribution is 5.95. The first-order chi connectivity index (χ1) is 12.4. The molecule has 0 fully saturated rings. The largest absolute Gasteiger partial charge is 0.469 e. The van der Waals surface area contributed by atoms with Crippen molar-refractivity contribution in [3.63, 3.8) is 0 Å². The van der Waals surface area contributed by atoms with E-state index >= 15 is 0 Å². The summed E-state index contributed by atoms with van der Waals surface area (Å²) in [6.07, 6.45) is 4.27. The van der Waals surface area contributed by atoms with E-state index in [1.54, 1.807) is 19.9 Å². The van der Waals surface area contributed by atoms with Crippen LogP contribution in [0.25, 0.3) is 0 Å². The fraction of sp³-hybridized carbons (Fsp3) is 0.444. The minimum atomic E-state index is -0.846. The molecule has 0 saturated heterocycles. The predicted octanol–water partition coefficient (Wildman–Crippen LogP) is 1.94. The van der Waals surface area contributed by atoms with Crippen molar-refractivity contribution in [2.45, 2.75) is 33.2 Å². The lowest BCUT2D eigenvalue weighted by molar-refractivity contribution is -0.453. The number of pyridine rings is 1. The number of nitroso groups, excluding NO2 is 1. The molecule has 26 heavy (non-hydrogen) atoms. The number of halogens is 1. The Labute approximate surface area is 150 Å². The van der Waals surface area contributed by atoms with Crippen molar-refractivity contribution in [2.24, 2.45) is 0 Å². The molecule has 0 aliphatic carbocycles. The van der Waals surface area contributed by atoms with Gasteiger partial charge in [0.15, 0.2) is 0 Å². The van der Waals surface area contributed by atoms with Gasteiger partial charge in [-0.2, -0.15) is 0 Å². The van der Waals surface area contributed by atoms with Gasteiger partial charge in [-0.3, -0.25) is 4.79 Å². The molecule has 2 N–H and O–H groups in total. The molecule has 1 aliphatic rings. The van der Waals surface area contributed by atoms with Gasteiger partial charge in [0.1, 0.15) is 18.0 Å². The Hall–Kier alpha value is -2.61. The second-order valence-electron chi connectivity index (χ2n) is 6.08. The normalized spacial score (nSPS) is 14.3. The third-order valence-electron chi connectivity index (χ3n) is 4.24. The number of hydrogen-bond acceptors (Lipinski definition) is 5. The van der Waals surface area contributed by atoms with Gasteiger partial charge in [-0.1, -0.05) is 11.6 Å². The summed E-state index contributed by atoms with van der Waals surface area (Å²) in [5, 5.41) is 11.7. The first-order valence-electron chi connectivity index (χ1n) is 8.48. The van der Waals surface area contributed by atoms with Gasteiger partial charge in [0.05, 0.1) is 17.0 Å². The van der Waals surface area contributed by atoms with Crippen LogP contribution in [0.2, 0.25) is 0 Å². The zero-order valence-electron chi connectivity index (χ0n) is 14.9. The average Bonchev–Trinajstić information content (AvgIpc) is 3.09. The highest BCUT2D eigenvalue weighted by Crippen LogP contribution is 2.25. The first-order valence-corrected chi connectivity index (χ1v) is 8.48. The summed E-state index contributed by atoms with van der Waals surface area (Å²) in [5.74, 6) is -1.31. The number of nitrogens with one attached hydrogen (secondary N) is 1. The van der Waals surface area contributed by atoms with Crippen LogP contribution in [0.15, 0.2) is 34.4 Å². The van der Waals surface area contributed by atoms with Gasteiger partial charge >= 0.3 is 5.91 Å². The quantitative estimate of drug-likeness (QED) is 0.570. The smallest absolute Gasteiger partial charge is 0.390 e. The summed E-state index contributed by atoms with van der Waals surface area (Å²) < 4.78 is 15.6. The number of carbonyl (C=O) groups is 1. The molecule has 0 radical (unpaired) electrons. The molecule has 0 aromatic carbocycles. The van der Waals surface area contributed by atoms with Crippen LogP contribution >= 0.6 is 0 Å². The second-order valence-corrected chi connectivity index (χ2v) is 6.08. The van der Waals surface area contributed by atoms with Crippen LogP contribution in [0, 0.1) is 4.91 Å². The Kier molecular flexibility index (Phi) is 6.57. The number of rotatable bonds is 7. The zero-order chi connectivity index (χ0) is 19.3. The molecule has 0 bridgehead atoms. The van der Waals surface area contributed by atoms with E-state index < -0.39 is 18.3 Å². The molecule has 140 valence electrons. The summed E-state index contributed by atoms with van der Waals surface area (Å²) in [6, 6.07) is 1.21. The third-order valence-corrected chi connectivity index (χ3v) is 4.24. The number of aliphatic hydroxyl groups excluding tert-OH is 1. The number of nitrogens with zero attached hydrogens (tertiary/aromatic N) is 2. The third kappa shape index (κ3) is 4.32. The number of carbonyl (C=O) groups excluding carboxylic acids is 1. The highest BCUT2D eigenvalue weighted by atomic mass is 19.1. The second kappa shape index (κ2) is 8.66. The SMILES string of the molecule is CC=C(C)C=C(F)CNc1cc(=O)n2c(c1C(=O)[N+](=O)CCO)CCC2. The van der Waals surface area contributed by atoms with Crippen molar-refractivity contribution in [2.75, 3.05) is 25.0 Å². The minimum absolute atomic E-state index is 0.0705. The number of fused-ring (bicyclic) bond motifs is 1. The van der Waals surface area contributed by atoms with Gasteiger partial charge in [-0.05, 0) is 32.8 Å². The van der Waals surface area contributed by atoms with Crippen LogP contribution in [0.1, 0.15) is 36.3 Å². The average molecular weight is 364 g/mol. The minimum Gasteiger partial charge on any atom is -0.390 e. The van der Waals surface area contributed by atoms with E-state index in [9.17, 15) is 18.9 Å². The predicted molar refractivity (Wildman–Crippen MR) is 96.0 cm³/mol. The number of aliphatic hydroxyl groups is 1. The number of amides is 1. The molecule has 0 saturated carbocycles. The van der Waals surface area contributed by atoms with Crippen molar-refractivity contribution >= 4 is 11.6 Å². The van der Waals surface area contributed by atoms with Gasteiger partial charge in [0, 0.05) is 23.2 Å². The van der Waals surface area contributed by atoms with Gasteiger partial charge in [0.2, 0.25) is 6.54 Å². The number of allylic oxidation sites excluding steroid dienone is 3. The lowest BCUT2D eigenvalue weighted by Crippen LogP contribution is -2.29. The van der Waals surface area contributed by atoms with Crippen LogP contribution < -0.4 is 10.9 Å². The maximum absolute atomic E-state index is 14.0. The first kappa shape index (κ1) is 19.7. The van der Waals surface area contributed by atoms with E-state index in [0.29, 0.717) is 25.1 Å². The Morgan fingerprint density at radius 2 is 2.23 bits per heavy atom. The summed E-state index contributed by atoms with van der Waals surface area (Å²) in [5.41, 5.74) is 1.11. The maximum atomic E-state index is 14.0. The number of hydrogen-bond donors (Lipinski definition) is 2. The van der Waals surface area contributed by atoms with Gasteiger partial charge < -0.3 is 15.0 Å². The molecule has 2 heterocycles. The zero-order valence-corrected chi connectivity index (χ0v) is 14.9. The van der Waals surface area contributed by atoms with E-state index in [1.807, 2.05) is 0 Å². The Bertz CT molecular complexity index is 840. The molecule has 2 rings (SSSR count). The summed E-state index contributed by atoms with van der Waals surface area (Å²) in [6.45, 7) is 2.96. The fourth-order valence-corrected chi connectivity index (χ4v) is 2.86. The molecular weight excluding hydrogens is 341 g/mol. The molecule has 0 unspecified atom stereocenters. The van der Waals surface area contributed by atoms with Crippen molar-refractivity contribution < 1.29 is 19.1 Å². The van der Waals surface area contributed by atoms with E-state index in [0.717, 1.165) is 5.57 Å². The number of aromatic nitrogens is 1. The van der Waals surface area contributed by atoms with Crippen LogP contribution in [0.5, 0.6) is 0 Å². The topological polar surface area (TPSA) is 91.4 Å². The molecule has 1 amide bonds. The van der Waals surface area contributed by atoms with Crippen LogP contribution in [-0.4, -0.2) is 40.0 Å². The van der Waals surface area contributed by atoms with Crippen molar-refractivity contribution in [3.8, 4) is 0 Å². The summed E-state index contributed by atoms with van der Waals surface area (Å²) in [7, 11) is 0. The fourth-order valence-electron chi connectivity index (χ4n) is 2.86. The Morgan fingerprint density at radius 3 is 2.88 bits per heavy atom. The molecule has 8 heteroatoms. The Balaban J connectivity index is 2.41. The van der Waals surface area contributed by atoms with Gasteiger partial charge in [0.25, 0.3) is 5.56 Å². The molecule has 1 aliphatic heterocycles. The van der Waals surface area contributed by atoms with Gasteiger partial charge in [-0.25, -0.2) is 9.18 Å². The molecule has 7 nitrogen and oxygen atoms in total. The highest BCUT2D eigenvalue weighted by Gasteiger charge is 2.33. The summed E-state index contributed by atoms with van der Waals surface area (Å²) in [4.78, 5) is 36.7. The maximum Gasteiger partial charge on any atom is 0.469 e. The van der Waals surface area contributed by atoms with Crippen LogP contribution in [0.3, 0.4) is 0 Å². The monoisotopic (exact) mass is 364 g/mol. The van der Waals surface area contributed by atoms with Crippen LogP contribution in [0.4, 0.5) is 10.1 Å². The molecular formula is C18H23FN3O4+. The van der Waals surface area contributed by atoms with E-state index in [-0.39, 0.29) is 34.7 Å². The van der Waals surface area contributed by atoms with Gasteiger partial charge in [-0.15, -0.1) is 0 Å².